The minimum Gasteiger partial charge on any atom is -0.385 e. The van der Waals surface area contributed by atoms with Crippen molar-refractivity contribution in [2.24, 2.45) is 0 Å². The van der Waals surface area contributed by atoms with Gasteiger partial charge in [0.05, 0.1) is 5.60 Å². The van der Waals surface area contributed by atoms with E-state index in [9.17, 15) is 5.11 Å². The van der Waals surface area contributed by atoms with E-state index in [1.807, 2.05) is 37.3 Å². The zero-order valence-electron chi connectivity index (χ0n) is 12.4. The highest BCUT2D eigenvalue weighted by atomic mass is 35.5. The van der Waals surface area contributed by atoms with E-state index in [1.165, 1.54) is 11.1 Å². The summed E-state index contributed by atoms with van der Waals surface area (Å²) in [4.78, 5) is 2.30. The molecule has 2 unspecified atom stereocenters. The average Bonchev–Trinajstić information content (AvgIpc) is 2.74. The maximum atomic E-state index is 10.6. The molecular formula is C18H20ClNO. The zero-order chi connectivity index (χ0) is 15.0. The Hall–Kier alpha value is -1.35. The third-order valence-corrected chi connectivity index (χ3v) is 4.62. The summed E-state index contributed by atoms with van der Waals surface area (Å²) in [5, 5.41) is 11.4. The number of hydrogen-bond donors (Lipinski definition) is 1. The van der Waals surface area contributed by atoms with Crippen LogP contribution in [0.25, 0.3) is 0 Å². The molecular weight excluding hydrogens is 282 g/mol. The van der Waals surface area contributed by atoms with E-state index in [4.69, 9.17) is 11.6 Å². The standard InChI is InChI=1S/C18H20ClNO/c1-18(21)11-17(15-5-3-4-6-16(15)18)20(2)12-13-7-9-14(19)10-8-13/h3-10,17,21H,11-12H2,1-2H3. The summed E-state index contributed by atoms with van der Waals surface area (Å²) < 4.78 is 0. The molecule has 1 N–H and O–H groups in total. The van der Waals surface area contributed by atoms with Crippen LogP contribution >= 0.6 is 11.6 Å². The Balaban J connectivity index is 1.83. The molecule has 3 rings (SSSR count). The van der Waals surface area contributed by atoms with Gasteiger partial charge in [0.15, 0.2) is 0 Å². The Morgan fingerprint density at radius 3 is 2.57 bits per heavy atom. The third kappa shape index (κ3) is 2.84. The van der Waals surface area contributed by atoms with Crippen molar-refractivity contribution in [2.75, 3.05) is 7.05 Å². The molecule has 0 aromatic heterocycles. The number of fused-ring (bicyclic) bond motifs is 1. The van der Waals surface area contributed by atoms with Crippen LogP contribution < -0.4 is 0 Å². The molecule has 2 aromatic rings. The number of benzene rings is 2. The molecule has 0 saturated heterocycles. The normalized spacial score (nSPS) is 24.3. The van der Waals surface area contributed by atoms with Gasteiger partial charge in [0.1, 0.15) is 0 Å². The first kappa shape index (κ1) is 14.6. The van der Waals surface area contributed by atoms with Crippen LogP contribution in [0, 0.1) is 0 Å². The summed E-state index contributed by atoms with van der Waals surface area (Å²) >= 11 is 5.93. The molecule has 0 bridgehead atoms. The average molecular weight is 302 g/mol. The van der Waals surface area contributed by atoms with Crippen LogP contribution in [-0.4, -0.2) is 17.1 Å². The molecule has 110 valence electrons. The minimum atomic E-state index is -0.741. The van der Waals surface area contributed by atoms with Crippen molar-refractivity contribution in [3.8, 4) is 0 Å². The SMILES string of the molecule is CN(Cc1ccc(Cl)cc1)C1CC(C)(O)c2ccccc21. The molecule has 0 amide bonds. The first-order valence-corrected chi connectivity index (χ1v) is 7.61. The number of hydrogen-bond acceptors (Lipinski definition) is 2. The summed E-state index contributed by atoms with van der Waals surface area (Å²) in [5.74, 6) is 0. The van der Waals surface area contributed by atoms with Crippen molar-refractivity contribution in [2.45, 2.75) is 31.5 Å². The van der Waals surface area contributed by atoms with Gasteiger partial charge in [0.2, 0.25) is 0 Å². The van der Waals surface area contributed by atoms with Crippen molar-refractivity contribution in [3.63, 3.8) is 0 Å². The Bertz CT molecular complexity index is 636. The van der Waals surface area contributed by atoms with E-state index in [2.05, 4.69) is 30.1 Å². The smallest absolute Gasteiger partial charge is 0.0890 e. The summed E-state index contributed by atoms with van der Waals surface area (Å²) in [6.45, 7) is 2.74. The third-order valence-electron chi connectivity index (χ3n) is 4.37. The van der Waals surface area contributed by atoms with Gasteiger partial charge in [-0.2, -0.15) is 0 Å². The van der Waals surface area contributed by atoms with E-state index in [0.29, 0.717) is 0 Å². The second-order valence-electron chi connectivity index (χ2n) is 6.12. The van der Waals surface area contributed by atoms with Gasteiger partial charge in [-0.25, -0.2) is 0 Å². The molecule has 21 heavy (non-hydrogen) atoms. The van der Waals surface area contributed by atoms with Gasteiger partial charge in [-0.05, 0) is 49.2 Å². The summed E-state index contributed by atoms with van der Waals surface area (Å²) in [6.07, 6.45) is 0.733. The lowest BCUT2D eigenvalue weighted by atomic mass is 9.99. The van der Waals surface area contributed by atoms with Crippen molar-refractivity contribution >= 4 is 11.6 Å². The van der Waals surface area contributed by atoms with E-state index in [1.54, 1.807) is 0 Å². The largest absolute Gasteiger partial charge is 0.385 e. The lowest BCUT2D eigenvalue weighted by Crippen LogP contribution is -2.25. The second-order valence-corrected chi connectivity index (χ2v) is 6.56. The summed E-state index contributed by atoms with van der Waals surface area (Å²) in [5.41, 5.74) is 2.78. The van der Waals surface area contributed by atoms with Crippen molar-refractivity contribution in [1.29, 1.82) is 0 Å². The van der Waals surface area contributed by atoms with Crippen molar-refractivity contribution in [1.82, 2.24) is 4.90 Å². The van der Waals surface area contributed by atoms with Crippen LogP contribution in [0.15, 0.2) is 48.5 Å². The second kappa shape index (κ2) is 5.45. The number of rotatable bonds is 3. The molecule has 0 aliphatic heterocycles. The topological polar surface area (TPSA) is 23.5 Å². The molecule has 3 heteroatoms. The number of nitrogens with zero attached hydrogens (tertiary/aromatic N) is 1. The van der Waals surface area contributed by atoms with E-state index < -0.39 is 5.60 Å². The molecule has 2 nitrogen and oxygen atoms in total. The van der Waals surface area contributed by atoms with Gasteiger partial charge in [0, 0.05) is 17.6 Å². The molecule has 0 fully saturated rings. The fourth-order valence-corrected chi connectivity index (χ4v) is 3.38. The van der Waals surface area contributed by atoms with Crippen molar-refractivity contribution in [3.05, 3.63) is 70.2 Å². The lowest BCUT2D eigenvalue weighted by Gasteiger charge is -2.26. The van der Waals surface area contributed by atoms with Crippen molar-refractivity contribution < 1.29 is 5.11 Å². The van der Waals surface area contributed by atoms with E-state index in [0.717, 1.165) is 23.6 Å². The quantitative estimate of drug-likeness (QED) is 0.921. The Morgan fingerprint density at radius 1 is 1.19 bits per heavy atom. The first-order chi connectivity index (χ1) is 9.97. The van der Waals surface area contributed by atoms with Gasteiger partial charge in [0.25, 0.3) is 0 Å². The zero-order valence-corrected chi connectivity index (χ0v) is 13.1. The number of aliphatic hydroxyl groups is 1. The van der Waals surface area contributed by atoms with Gasteiger partial charge < -0.3 is 5.11 Å². The molecule has 2 aromatic carbocycles. The first-order valence-electron chi connectivity index (χ1n) is 7.24. The maximum Gasteiger partial charge on any atom is 0.0890 e. The van der Waals surface area contributed by atoms with Crippen LogP contribution in [0.2, 0.25) is 5.02 Å². The molecule has 0 heterocycles. The Morgan fingerprint density at radius 2 is 1.86 bits per heavy atom. The molecule has 2 atom stereocenters. The minimum absolute atomic E-state index is 0.242. The molecule has 0 saturated carbocycles. The highest BCUT2D eigenvalue weighted by molar-refractivity contribution is 6.30. The molecule has 0 spiro atoms. The fourth-order valence-electron chi connectivity index (χ4n) is 3.26. The highest BCUT2D eigenvalue weighted by Crippen LogP contribution is 2.45. The van der Waals surface area contributed by atoms with E-state index >= 15 is 0 Å². The lowest BCUT2D eigenvalue weighted by molar-refractivity contribution is 0.0365. The van der Waals surface area contributed by atoms with E-state index in [-0.39, 0.29) is 6.04 Å². The van der Waals surface area contributed by atoms with Gasteiger partial charge in [-0.1, -0.05) is 48.0 Å². The Labute approximate surface area is 131 Å². The molecule has 1 aliphatic carbocycles. The predicted octanol–water partition coefficient (Wildman–Crippen LogP) is 4.12. The summed E-state index contributed by atoms with van der Waals surface area (Å²) in [6, 6.07) is 16.4. The molecule has 0 radical (unpaired) electrons. The van der Waals surface area contributed by atoms with Crippen LogP contribution in [-0.2, 0) is 12.1 Å². The molecule has 1 aliphatic rings. The van der Waals surface area contributed by atoms with Crippen LogP contribution in [0.3, 0.4) is 0 Å². The monoisotopic (exact) mass is 301 g/mol. The van der Waals surface area contributed by atoms with Gasteiger partial charge in [-0.15, -0.1) is 0 Å². The van der Waals surface area contributed by atoms with Crippen LogP contribution in [0.5, 0.6) is 0 Å². The maximum absolute atomic E-state index is 10.6. The number of halogens is 1. The fraction of sp³-hybridized carbons (Fsp3) is 0.333. The highest BCUT2D eigenvalue weighted by Gasteiger charge is 2.39. The van der Waals surface area contributed by atoms with Gasteiger partial charge >= 0.3 is 0 Å². The van der Waals surface area contributed by atoms with Gasteiger partial charge in [-0.3, -0.25) is 4.90 Å². The predicted molar refractivity (Wildman–Crippen MR) is 86.3 cm³/mol. The Kier molecular flexibility index (Phi) is 3.78. The van der Waals surface area contributed by atoms with Crippen LogP contribution in [0.1, 0.15) is 36.1 Å². The summed E-state index contributed by atoms with van der Waals surface area (Å²) in [7, 11) is 2.11. The van der Waals surface area contributed by atoms with Crippen LogP contribution in [0.4, 0.5) is 0 Å².